The van der Waals surface area contributed by atoms with Gasteiger partial charge < -0.3 is 10.2 Å². The number of halogens is 3. The number of hydrogen-bond acceptors (Lipinski definition) is 3. The van der Waals surface area contributed by atoms with Crippen LogP contribution in [0.2, 0.25) is 0 Å². The molecule has 1 N–H and O–H groups in total. The number of aryl methyl sites for hydroxylation is 1. The van der Waals surface area contributed by atoms with Crippen LogP contribution < -0.4 is 10.2 Å². The summed E-state index contributed by atoms with van der Waals surface area (Å²) < 4.78 is 38.6. The molecule has 0 aromatic heterocycles. The van der Waals surface area contributed by atoms with Crippen LogP contribution in [0.15, 0.2) is 76.9 Å². The zero-order valence-corrected chi connectivity index (χ0v) is 17.7. The maximum atomic E-state index is 12.9. The molecule has 162 valence electrons. The van der Waals surface area contributed by atoms with Crippen LogP contribution in [0.1, 0.15) is 30.9 Å². The van der Waals surface area contributed by atoms with Crippen LogP contribution in [0.25, 0.3) is 0 Å². The zero-order chi connectivity index (χ0) is 22.0. The third kappa shape index (κ3) is 4.84. The van der Waals surface area contributed by atoms with Crippen LogP contribution in [0.5, 0.6) is 0 Å². The highest BCUT2D eigenvalue weighted by Gasteiger charge is 2.30. The van der Waals surface area contributed by atoms with Gasteiger partial charge in [-0.25, -0.2) is 4.99 Å². The molecule has 6 heteroatoms. The summed E-state index contributed by atoms with van der Waals surface area (Å²) in [5, 5.41) is 3.26. The molecule has 3 nitrogen and oxygen atoms in total. The standard InChI is InChI=1S/C25H26F3N3/c1-17-5-11-21(12-6-17)31-15-13-22-23(16-31)18(2)4-3-14-29-24(22)30-20-9-7-19(8-10-20)25(26,27)28/h3,5-12,14,18H,4,13,15-16H2,1-2H3,(H,29,30). The maximum absolute atomic E-state index is 12.9. The summed E-state index contributed by atoms with van der Waals surface area (Å²) in [5.74, 6) is 1.08. The van der Waals surface area contributed by atoms with Gasteiger partial charge >= 0.3 is 6.18 Å². The second-order valence-corrected chi connectivity index (χ2v) is 8.21. The Morgan fingerprint density at radius 3 is 2.42 bits per heavy atom. The molecular formula is C25H26F3N3. The van der Waals surface area contributed by atoms with Crippen molar-refractivity contribution in [1.82, 2.24) is 0 Å². The van der Waals surface area contributed by atoms with Crippen LogP contribution in [0.3, 0.4) is 0 Å². The lowest BCUT2D eigenvalue weighted by atomic mass is 9.87. The lowest BCUT2D eigenvalue weighted by Crippen LogP contribution is -2.36. The Morgan fingerprint density at radius 1 is 1.03 bits per heavy atom. The molecule has 1 atom stereocenters. The third-order valence-electron chi connectivity index (χ3n) is 5.93. The van der Waals surface area contributed by atoms with Crippen molar-refractivity contribution in [3.63, 3.8) is 0 Å². The first-order chi connectivity index (χ1) is 14.8. The van der Waals surface area contributed by atoms with Gasteiger partial charge in [-0.2, -0.15) is 13.2 Å². The average Bonchev–Trinajstić information content (AvgIpc) is 2.74. The molecule has 0 fully saturated rings. The van der Waals surface area contributed by atoms with Gasteiger partial charge in [0.2, 0.25) is 0 Å². The van der Waals surface area contributed by atoms with Gasteiger partial charge in [0.05, 0.1) is 5.56 Å². The smallest absolute Gasteiger partial charge is 0.367 e. The topological polar surface area (TPSA) is 27.6 Å². The van der Waals surface area contributed by atoms with Gasteiger partial charge in [0.15, 0.2) is 0 Å². The second-order valence-electron chi connectivity index (χ2n) is 8.21. The molecule has 0 radical (unpaired) electrons. The Hall–Kier alpha value is -3.02. The summed E-state index contributed by atoms with van der Waals surface area (Å²) in [6.07, 6.45) is 1.24. The second kappa shape index (κ2) is 8.61. The van der Waals surface area contributed by atoms with Crippen molar-refractivity contribution in [2.75, 3.05) is 23.3 Å². The highest BCUT2D eigenvalue weighted by atomic mass is 19.4. The third-order valence-corrected chi connectivity index (χ3v) is 5.93. The lowest BCUT2D eigenvalue weighted by Gasteiger charge is -2.36. The van der Waals surface area contributed by atoms with E-state index in [1.165, 1.54) is 34.5 Å². The molecule has 0 spiro atoms. The largest absolute Gasteiger partial charge is 0.416 e. The van der Waals surface area contributed by atoms with Gasteiger partial charge in [0.1, 0.15) is 5.84 Å². The highest BCUT2D eigenvalue weighted by Crippen LogP contribution is 2.33. The van der Waals surface area contributed by atoms with E-state index in [0.29, 0.717) is 11.6 Å². The number of anilines is 2. The molecule has 31 heavy (non-hydrogen) atoms. The van der Waals surface area contributed by atoms with Crippen LogP contribution >= 0.6 is 0 Å². The average molecular weight is 425 g/mol. The van der Waals surface area contributed by atoms with Crippen LogP contribution in [0.4, 0.5) is 24.5 Å². The summed E-state index contributed by atoms with van der Waals surface area (Å²) in [5.41, 5.74) is 4.88. The highest BCUT2D eigenvalue weighted by molar-refractivity contribution is 6.09. The number of nitrogens with one attached hydrogen (secondary N) is 1. The predicted octanol–water partition coefficient (Wildman–Crippen LogP) is 6.58. The fraction of sp³-hybridized carbons (Fsp3) is 0.320. The van der Waals surface area contributed by atoms with Crippen molar-refractivity contribution in [2.45, 2.75) is 32.9 Å². The first kappa shape index (κ1) is 21.2. The number of amidine groups is 1. The number of aliphatic imine (C=N–C) groups is 1. The van der Waals surface area contributed by atoms with E-state index in [4.69, 9.17) is 0 Å². The summed E-state index contributed by atoms with van der Waals surface area (Å²) in [4.78, 5) is 6.99. The number of rotatable bonds is 2. The van der Waals surface area contributed by atoms with E-state index in [-0.39, 0.29) is 0 Å². The Bertz CT molecular complexity index is 1020. The molecule has 2 heterocycles. The Morgan fingerprint density at radius 2 is 1.74 bits per heavy atom. The predicted molar refractivity (Wildman–Crippen MR) is 120 cm³/mol. The molecule has 0 amide bonds. The number of benzene rings is 2. The SMILES string of the molecule is Cc1ccc(N2CCC3=C(C2)C(C)CC=CN=C3Nc2ccc(C(F)(F)F)cc2)cc1. The molecular weight excluding hydrogens is 399 g/mol. The number of hydrogen-bond donors (Lipinski definition) is 1. The minimum absolute atomic E-state index is 0.361. The van der Waals surface area contributed by atoms with Crippen LogP contribution in [0, 0.1) is 12.8 Å². The van der Waals surface area contributed by atoms with E-state index in [1.807, 2.05) is 6.08 Å². The zero-order valence-electron chi connectivity index (χ0n) is 17.7. The Labute approximate surface area is 181 Å². The van der Waals surface area contributed by atoms with Gasteiger partial charge in [0.25, 0.3) is 0 Å². The van der Waals surface area contributed by atoms with Crippen molar-refractivity contribution in [3.8, 4) is 0 Å². The molecule has 1 unspecified atom stereocenters. The van der Waals surface area contributed by atoms with Crippen molar-refractivity contribution >= 4 is 17.2 Å². The first-order valence-electron chi connectivity index (χ1n) is 10.5. The Kier molecular flexibility index (Phi) is 5.90. The minimum Gasteiger partial charge on any atom is -0.367 e. The molecule has 2 aliphatic rings. The van der Waals surface area contributed by atoms with Crippen molar-refractivity contribution in [2.24, 2.45) is 10.9 Å². The van der Waals surface area contributed by atoms with E-state index in [2.05, 4.69) is 53.3 Å². The summed E-state index contributed by atoms with van der Waals surface area (Å²) in [6, 6.07) is 13.7. The molecule has 4 rings (SSSR count). The number of allylic oxidation sites excluding steroid dienone is 1. The quantitative estimate of drug-likeness (QED) is 0.588. The summed E-state index contributed by atoms with van der Waals surface area (Å²) in [6.45, 7) is 5.99. The molecule has 2 aliphatic heterocycles. The van der Waals surface area contributed by atoms with E-state index in [1.54, 1.807) is 6.20 Å². The van der Waals surface area contributed by atoms with Gasteiger partial charge in [-0.15, -0.1) is 0 Å². The molecule has 0 aliphatic carbocycles. The lowest BCUT2D eigenvalue weighted by molar-refractivity contribution is -0.137. The molecule has 0 bridgehead atoms. The van der Waals surface area contributed by atoms with Crippen LogP contribution in [-0.2, 0) is 6.18 Å². The van der Waals surface area contributed by atoms with E-state index >= 15 is 0 Å². The fourth-order valence-corrected chi connectivity index (χ4v) is 4.09. The minimum atomic E-state index is -4.34. The summed E-state index contributed by atoms with van der Waals surface area (Å²) in [7, 11) is 0. The monoisotopic (exact) mass is 425 g/mol. The maximum Gasteiger partial charge on any atom is 0.416 e. The summed E-state index contributed by atoms with van der Waals surface area (Å²) >= 11 is 0. The Balaban J connectivity index is 1.61. The van der Waals surface area contributed by atoms with Gasteiger partial charge in [-0.05, 0) is 73.2 Å². The van der Waals surface area contributed by atoms with Crippen molar-refractivity contribution in [3.05, 3.63) is 83.1 Å². The number of nitrogens with zero attached hydrogens (tertiary/aromatic N) is 2. The van der Waals surface area contributed by atoms with E-state index in [0.717, 1.165) is 43.9 Å². The van der Waals surface area contributed by atoms with Gasteiger partial charge in [-0.1, -0.05) is 30.7 Å². The first-order valence-corrected chi connectivity index (χ1v) is 10.5. The van der Waals surface area contributed by atoms with E-state index < -0.39 is 11.7 Å². The van der Waals surface area contributed by atoms with Crippen molar-refractivity contribution in [1.29, 1.82) is 0 Å². The van der Waals surface area contributed by atoms with E-state index in [9.17, 15) is 13.2 Å². The normalized spacial score (nSPS) is 19.5. The fourth-order valence-electron chi connectivity index (χ4n) is 4.09. The van der Waals surface area contributed by atoms with Gasteiger partial charge in [-0.3, -0.25) is 0 Å². The van der Waals surface area contributed by atoms with Crippen molar-refractivity contribution < 1.29 is 13.2 Å². The molecule has 0 saturated carbocycles. The molecule has 2 aromatic rings. The molecule has 2 aromatic carbocycles. The molecule has 0 saturated heterocycles. The van der Waals surface area contributed by atoms with Crippen LogP contribution in [-0.4, -0.2) is 18.9 Å². The number of alkyl halides is 3. The van der Waals surface area contributed by atoms with Gasteiger partial charge in [0, 0.05) is 30.7 Å².